The SMILES string of the molecule is CCOc1ccc(CNC(C)CCN)cc1. The number of hydrogen-bond donors (Lipinski definition) is 2. The van der Waals surface area contributed by atoms with Crippen LogP contribution in [-0.4, -0.2) is 19.2 Å². The van der Waals surface area contributed by atoms with E-state index >= 15 is 0 Å². The zero-order valence-corrected chi connectivity index (χ0v) is 10.2. The average molecular weight is 222 g/mol. The van der Waals surface area contributed by atoms with Gasteiger partial charge in [-0.1, -0.05) is 12.1 Å². The number of benzene rings is 1. The Morgan fingerprint density at radius 2 is 2.00 bits per heavy atom. The van der Waals surface area contributed by atoms with E-state index in [9.17, 15) is 0 Å². The second kappa shape index (κ2) is 7.25. The molecule has 0 saturated carbocycles. The van der Waals surface area contributed by atoms with Crippen molar-refractivity contribution in [1.29, 1.82) is 0 Å². The van der Waals surface area contributed by atoms with Gasteiger partial charge in [-0.2, -0.15) is 0 Å². The van der Waals surface area contributed by atoms with E-state index in [4.69, 9.17) is 10.5 Å². The highest BCUT2D eigenvalue weighted by Crippen LogP contribution is 2.11. The molecule has 1 rings (SSSR count). The van der Waals surface area contributed by atoms with Gasteiger partial charge in [0.2, 0.25) is 0 Å². The Bertz CT molecular complexity index is 284. The number of nitrogens with two attached hydrogens (primary N) is 1. The third-order valence-electron chi connectivity index (χ3n) is 2.49. The molecule has 1 atom stereocenters. The quantitative estimate of drug-likeness (QED) is 0.741. The molecule has 0 amide bonds. The highest BCUT2D eigenvalue weighted by Gasteiger charge is 2.00. The van der Waals surface area contributed by atoms with Crippen molar-refractivity contribution >= 4 is 0 Å². The van der Waals surface area contributed by atoms with Gasteiger partial charge in [-0.25, -0.2) is 0 Å². The number of hydrogen-bond acceptors (Lipinski definition) is 3. The van der Waals surface area contributed by atoms with Crippen LogP contribution in [0.2, 0.25) is 0 Å². The van der Waals surface area contributed by atoms with Crippen LogP contribution in [0.15, 0.2) is 24.3 Å². The molecular formula is C13H22N2O. The van der Waals surface area contributed by atoms with Crippen LogP contribution in [-0.2, 0) is 6.54 Å². The number of nitrogens with one attached hydrogen (secondary N) is 1. The van der Waals surface area contributed by atoms with Crippen molar-refractivity contribution in [3.05, 3.63) is 29.8 Å². The maximum Gasteiger partial charge on any atom is 0.119 e. The van der Waals surface area contributed by atoms with Gasteiger partial charge in [-0.05, 0) is 44.5 Å². The zero-order valence-electron chi connectivity index (χ0n) is 10.2. The average Bonchev–Trinajstić information content (AvgIpc) is 2.29. The van der Waals surface area contributed by atoms with Crippen molar-refractivity contribution in [2.24, 2.45) is 5.73 Å². The molecule has 0 aliphatic carbocycles. The predicted molar refractivity (Wildman–Crippen MR) is 67.6 cm³/mol. The first-order valence-electron chi connectivity index (χ1n) is 5.91. The lowest BCUT2D eigenvalue weighted by Gasteiger charge is -2.12. The summed E-state index contributed by atoms with van der Waals surface area (Å²) in [6.45, 7) is 6.47. The molecule has 1 aromatic rings. The maximum absolute atomic E-state index is 5.50. The van der Waals surface area contributed by atoms with Crippen molar-refractivity contribution in [1.82, 2.24) is 5.32 Å². The third kappa shape index (κ3) is 4.64. The van der Waals surface area contributed by atoms with Gasteiger partial charge in [0, 0.05) is 12.6 Å². The van der Waals surface area contributed by atoms with Gasteiger partial charge in [-0.3, -0.25) is 0 Å². The summed E-state index contributed by atoms with van der Waals surface area (Å²) in [6, 6.07) is 8.67. The van der Waals surface area contributed by atoms with Crippen molar-refractivity contribution < 1.29 is 4.74 Å². The molecule has 90 valence electrons. The van der Waals surface area contributed by atoms with Gasteiger partial charge in [0.05, 0.1) is 6.61 Å². The molecule has 3 heteroatoms. The molecule has 0 spiro atoms. The van der Waals surface area contributed by atoms with Gasteiger partial charge in [0.15, 0.2) is 0 Å². The Morgan fingerprint density at radius 1 is 1.31 bits per heavy atom. The van der Waals surface area contributed by atoms with E-state index in [0.29, 0.717) is 12.6 Å². The van der Waals surface area contributed by atoms with Crippen LogP contribution < -0.4 is 15.8 Å². The van der Waals surface area contributed by atoms with Crippen molar-refractivity contribution in [3.63, 3.8) is 0 Å². The normalized spacial score (nSPS) is 12.4. The minimum Gasteiger partial charge on any atom is -0.494 e. The topological polar surface area (TPSA) is 47.3 Å². The molecule has 1 aromatic carbocycles. The molecule has 1 unspecified atom stereocenters. The van der Waals surface area contributed by atoms with E-state index in [1.54, 1.807) is 0 Å². The lowest BCUT2D eigenvalue weighted by Crippen LogP contribution is -2.27. The summed E-state index contributed by atoms with van der Waals surface area (Å²) in [7, 11) is 0. The monoisotopic (exact) mass is 222 g/mol. The van der Waals surface area contributed by atoms with Gasteiger partial charge in [-0.15, -0.1) is 0 Å². The summed E-state index contributed by atoms with van der Waals surface area (Å²) >= 11 is 0. The molecule has 0 aliphatic heterocycles. The van der Waals surface area contributed by atoms with E-state index < -0.39 is 0 Å². The summed E-state index contributed by atoms with van der Waals surface area (Å²) in [4.78, 5) is 0. The predicted octanol–water partition coefficient (Wildman–Crippen LogP) is 1.91. The van der Waals surface area contributed by atoms with Gasteiger partial charge < -0.3 is 15.8 Å². The molecule has 0 aliphatic rings. The van der Waals surface area contributed by atoms with Crippen LogP contribution in [0.3, 0.4) is 0 Å². The molecule has 0 saturated heterocycles. The highest BCUT2D eigenvalue weighted by atomic mass is 16.5. The van der Waals surface area contributed by atoms with E-state index in [-0.39, 0.29) is 0 Å². The highest BCUT2D eigenvalue weighted by molar-refractivity contribution is 5.27. The molecule has 0 bridgehead atoms. The van der Waals surface area contributed by atoms with Crippen LogP contribution in [0.5, 0.6) is 5.75 Å². The molecule has 0 radical (unpaired) electrons. The summed E-state index contributed by atoms with van der Waals surface area (Å²) in [5.41, 5.74) is 6.77. The van der Waals surface area contributed by atoms with Crippen LogP contribution in [0.4, 0.5) is 0 Å². The Kier molecular flexibility index (Phi) is 5.90. The van der Waals surface area contributed by atoms with E-state index in [2.05, 4.69) is 24.4 Å². The minimum atomic E-state index is 0.469. The zero-order chi connectivity index (χ0) is 11.8. The molecule has 3 nitrogen and oxygen atoms in total. The Hall–Kier alpha value is -1.06. The Morgan fingerprint density at radius 3 is 2.56 bits per heavy atom. The van der Waals surface area contributed by atoms with Crippen LogP contribution in [0.1, 0.15) is 25.8 Å². The third-order valence-corrected chi connectivity index (χ3v) is 2.49. The minimum absolute atomic E-state index is 0.469. The summed E-state index contributed by atoms with van der Waals surface area (Å²) in [6.07, 6.45) is 1.01. The molecule has 3 N–H and O–H groups in total. The van der Waals surface area contributed by atoms with Crippen LogP contribution in [0.25, 0.3) is 0 Å². The van der Waals surface area contributed by atoms with Gasteiger partial charge in [0.1, 0.15) is 5.75 Å². The van der Waals surface area contributed by atoms with Crippen LogP contribution >= 0.6 is 0 Å². The number of ether oxygens (including phenoxy) is 1. The first kappa shape index (κ1) is 13.0. The fraction of sp³-hybridized carbons (Fsp3) is 0.538. The molecule has 16 heavy (non-hydrogen) atoms. The van der Waals surface area contributed by atoms with Gasteiger partial charge in [0.25, 0.3) is 0 Å². The summed E-state index contributed by atoms with van der Waals surface area (Å²) < 4.78 is 5.39. The lowest BCUT2D eigenvalue weighted by molar-refractivity contribution is 0.340. The Balaban J connectivity index is 2.37. The van der Waals surface area contributed by atoms with E-state index in [1.807, 2.05) is 19.1 Å². The maximum atomic E-state index is 5.50. The molecule has 0 aromatic heterocycles. The van der Waals surface area contributed by atoms with Crippen LogP contribution in [0, 0.1) is 0 Å². The van der Waals surface area contributed by atoms with E-state index in [1.165, 1.54) is 5.56 Å². The Labute approximate surface area is 98.0 Å². The summed E-state index contributed by atoms with van der Waals surface area (Å²) in [5, 5.41) is 3.43. The first-order valence-corrected chi connectivity index (χ1v) is 5.91. The standard InChI is InChI=1S/C13H22N2O/c1-3-16-13-6-4-12(5-7-13)10-15-11(2)8-9-14/h4-7,11,15H,3,8-10,14H2,1-2H3. The van der Waals surface area contributed by atoms with Crippen molar-refractivity contribution in [3.8, 4) is 5.75 Å². The summed E-state index contributed by atoms with van der Waals surface area (Å²) in [5.74, 6) is 0.932. The largest absolute Gasteiger partial charge is 0.494 e. The lowest BCUT2D eigenvalue weighted by atomic mass is 10.2. The fourth-order valence-electron chi connectivity index (χ4n) is 1.51. The second-order valence-corrected chi connectivity index (χ2v) is 3.94. The first-order chi connectivity index (χ1) is 7.76. The van der Waals surface area contributed by atoms with E-state index in [0.717, 1.165) is 25.3 Å². The molecule has 0 heterocycles. The fourth-order valence-corrected chi connectivity index (χ4v) is 1.51. The van der Waals surface area contributed by atoms with Crippen molar-refractivity contribution in [2.75, 3.05) is 13.2 Å². The smallest absolute Gasteiger partial charge is 0.119 e. The molecule has 0 fully saturated rings. The second-order valence-electron chi connectivity index (χ2n) is 3.94. The van der Waals surface area contributed by atoms with Gasteiger partial charge >= 0.3 is 0 Å². The van der Waals surface area contributed by atoms with Crippen molar-refractivity contribution in [2.45, 2.75) is 32.9 Å². The molecular weight excluding hydrogens is 200 g/mol. The number of rotatable bonds is 7.